The van der Waals surface area contributed by atoms with Crippen molar-refractivity contribution in [2.45, 2.75) is 19.9 Å². The normalized spacial score (nSPS) is 13.6. The van der Waals surface area contributed by atoms with Crippen molar-refractivity contribution in [2.75, 3.05) is 20.1 Å². The average molecular weight is 413 g/mol. The number of benzene rings is 2. The number of carbonyl (C=O) groups excluding carboxylic acids is 2. The van der Waals surface area contributed by atoms with Crippen LogP contribution in [0.3, 0.4) is 0 Å². The molecule has 2 aromatic rings. The van der Waals surface area contributed by atoms with E-state index in [0.29, 0.717) is 30.4 Å². The summed E-state index contributed by atoms with van der Waals surface area (Å²) < 4.78 is 5.99. The van der Waals surface area contributed by atoms with Crippen molar-refractivity contribution in [1.29, 1.82) is 0 Å². The number of carbonyl (C=O) groups is 2. The fraction of sp³-hybridized carbons (Fsp3) is 0.304. The molecule has 3 rings (SSSR count). The fourth-order valence-corrected chi connectivity index (χ4v) is 3.56. The lowest BCUT2D eigenvalue weighted by atomic mass is 9.98. The van der Waals surface area contributed by atoms with E-state index in [2.05, 4.69) is 13.5 Å². The Morgan fingerprint density at radius 2 is 1.97 bits per heavy atom. The monoisotopic (exact) mass is 412 g/mol. The zero-order chi connectivity index (χ0) is 21.0. The van der Waals surface area contributed by atoms with Crippen LogP contribution >= 0.6 is 11.6 Å². The van der Waals surface area contributed by atoms with Crippen molar-refractivity contribution in [1.82, 2.24) is 9.80 Å². The minimum absolute atomic E-state index is 0.00591. The van der Waals surface area contributed by atoms with Crippen LogP contribution in [0.4, 0.5) is 0 Å². The quantitative estimate of drug-likeness (QED) is 0.637. The lowest BCUT2D eigenvalue weighted by Crippen LogP contribution is -2.55. The Labute approximate surface area is 176 Å². The molecule has 0 N–H and O–H groups in total. The molecule has 1 aliphatic heterocycles. The largest absolute Gasteiger partial charge is 0.457 e. The zero-order valence-electron chi connectivity index (χ0n) is 16.7. The first-order chi connectivity index (χ1) is 13.9. The molecular formula is C23H25ClN2O3. The van der Waals surface area contributed by atoms with E-state index in [0.717, 1.165) is 23.3 Å². The van der Waals surface area contributed by atoms with Crippen LogP contribution in [-0.2, 0) is 22.6 Å². The summed E-state index contributed by atoms with van der Waals surface area (Å²) in [6, 6.07) is 13.4. The molecule has 6 heteroatoms. The lowest BCUT2D eigenvalue weighted by Gasteiger charge is -2.39. The van der Waals surface area contributed by atoms with Crippen LogP contribution in [0.15, 0.2) is 55.1 Å². The Balaban J connectivity index is 1.61. The molecule has 0 atom stereocenters. The topological polar surface area (TPSA) is 49.9 Å². The van der Waals surface area contributed by atoms with Gasteiger partial charge in [0.1, 0.15) is 11.5 Å². The molecule has 1 saturated heterocycles. The molecule has 0 radical (unpaired) electrons. The van der Waals surface area contributed by atoms with E-state index in [1.807, 2.05) is 36.4 Å². The highest BCUT2D eigenvalue weighted by molar-refractivity contribution is 6.31. The minimum Gasteiger partial charge on any atom is -0.457 e. The molecule has 1 aliphatic rings. The van der Waals surface area contributed by atoms with Gasteiger partial charge in [0.25, 0.3) is 0 Å². The standard InChI is InChI=1S/C23H25ClN2O3/c1-4-16-8-6-7-9-21(16)29-19-11-10-17(20(24)12-19)13-25(3)23(28)18-14-26(15-18)22(27)5-2/h5-12,18H,2,4,13-15H2,1,3H3. The van der Waals surface area contributed by atoms with Crippen LogP contribution < -0.4 is 4.74 Å². The first-order valence-electron chi connectivity index (χ1n) is 9.63. The summed E-state index contributed by atoms with van der Waals surface area (Å²) in [7, 11) is 1.75. The van der Waals surface area contributed by atoms with Gasteiger partial charge in [0.05, 0.1) is 5.92 Å². The Morgan fingerprint density at radius 1 is 1.24 bits per heavy atom. The zero-order valence-corrected chi connectivity index (χ0v) is 17.5. The van der Waals surface area contributed by atoms with Crippen LogP contribution in [-0.4, -0.2) is 41.8 Å². The van der Waals surface area contributed by atoms with Gasteiger partial charge in [-0.1, -0.05) is 49.4 Å². The van der Waals surface area contributed by atoms with Gasteiger partial charge in [-0.2, -0.15) is 0 Å². The van der Waals surface area contributed by atoms with Crippen molar-refractivity contribution in [3.8, 4) is 11.5 Å². The first-order valence-corrected chi connectivity index (χ1v) is 10.0. The van der Waals surface area contributed by atoms with Gasteiger partial charge < -0.3 is 14.5 Å². The number of amides is 2. The number of para-hydroxylation sites is 1. The summed E-state index contributed by atoms with van der Waals surface area (Å²) in [5, 5.41) is 0.549. The maximum absolute atomic E-state index is 12.6. The molecule has 29 heavy (non-hydrogen) atoms. The Kier molecular flexibility index (Phi) is 6.60. The van der Waals surface area contributed by atoms with Gasteiger partial charge in [-0.3, -0.25) is 9.59 Å². The molecule has 0 aliphatic carbocycles. The third kappa shape index (κ3) is 4.80. The second-order valence-corrected chi connectivity index (χ2v) is 7.56. The predicted molar refractivity (Wildman–Crippen MR) is 114 cm³/mol. The predicted octanol–water partition coefficient (Wildman–Crippen LogP) is 4.30. The second kappa shape index (κ2) is 9.14. The number of ether oxygens (including phenoxy) is 1. The number of rotatable bonds is 7. The number of likely N-dealkylation sites (tertiary alicyclic amines) is 1. The van der Waals surface area contributed by atoms with Gasteiger partial charge in [-0.15, -0.1) is 0 Å². The maximum atomic E-state index is 12.6. The molecule has 0 bridgehead atoms. The Morgan fingerprint density at radius 3 is 2.62 bits per heavy atom. The van der Waals surface area contributed by atoms with Crippen LogP contribution in [0.2, 0.25) is 5.02 Å². The number of halogens is 1. The Bertz CT molecular complexity index is 922. The Hall–Kier alpha value is -2.79. The van der Waals surface area contributed by atoms with Crippen molar-refractivity contribution >= 4 is 23.4 Å². The summed E-state index contributed by atoms with van der Waals surface area (Å²) >= 11 is 6.45. The minimum atomic E-state index is -0.171. The van der Waals surface area contributed by atoms with Crippen LogP contribution in [0.25, 0.3) is 0 Å². The number of hydrogen-bond donors (Lipinski definition) is 0. The van der Waals surface area contributed by atoms with Gasteiger partial charge in [0.2, 0.25) is 11.8 Å². The van der Waals surface area contributed by atoms with E-state index in [1.165, 1.54) is 6.08 Å². The van der Waals surface area contributed by atoms with E-state index >= 15 is 0 Å². The lowest BCUT2D eigenvalue weighted by molar-refractivity contribution is -0.145. The van der Waals surface area contributed by atoms with Gasteiger partial charge in [-0.05, 0) is 41.8 Å². The second-order valence-electron chi connectivity index (χ2n) is 7.16. The van der Waals surface area contributed by atoms with E-state index in [4.69, 9.17) is 16.3 Å². The summed E-state index contributed by atoms with van der Waals surface area (Å²) in [5.41, 5.74) is 1.97. The van der Waals surface area contributed by atoms with Crippen molar-refractivity contribution < 1.29 is 14.3 Å². The molecule has 0 unspecified atom stereocenters. The smallest absolute Gasteiger partial charge is 0.246 e. The summed E-state index contributed by atoms with van der Waals surface area (Å²) in [5.74, 6) is 1.17. The molecule has 2 amide bonds. The first kappa shape index (κ1) is 20.9. The maximum Gasteiger partial charge on any atom is 0.246 e. The highest BCUT2D eigenvalue weighted by Crippen LogP contribution is 2.30. The molecule has 5 nitrogen and oxygen atoms in total. The van der Waals surface area contributed by atoms with Gasteiger partial charge >= 0.3 is 0 Å². The highest BCUT2D eigenvalue weighted by Gasteiger charge is 2.36. The summed E-state index contributed by atoms with van der Waals surface area (Å²) in [4.78, 5) is 27.4. The highest BCUT2D eigenvalue weighted by atomic mass is 35.5. The molecule has 2 aromatic carbocycles. The molecule has 1 heterocycles. The fourth-order valence-electron chi connectivity index (χ4n) is 3.33. The van der Waals surface area contributed by atoms with Crippen molar-refractivity contribution in [3.05, 3.63) is 71.3 Å². The van der Waals surface area contributed by atoms with Crippen LogP contribution in [0.5, 0.6) is 11.5 Å². The third-order valence-electron chi connectivity index (χ3n) is 5.11. The van der Waals surface area contributed by atoms with Crippen LogP contribution in [0.1, 0.15) is 18.1 Å². The molecule has 1 fully saturated rings. The molecule has 152 valence electrons. The number of aryl methyl sites for hydroxylation is 1. The van der Waals surface area contributed by atoms with E-state index in [-0.39, 0.29) is 17.7 Å². The van der Waals surface area contributed by atoms with Gasteiger partial charge in [0, 0.05) is 31.7 Å². The molecule has 0 spiro atoms. The molecule has 0 aromatic heterocycles. The summed E-state index contributed by atoms with van der Waals surface area (Å²) in [6.07, 6.45) is 2.15. The van der Waals surface area contributed by atoms with Crippen molar-refractivity contribution in [2.24, 2.45) is 5.92 Å². The van der Waals surface area contributed by atoms with Gasteiger partial charge in [0.15, 0.2) is 0 Å². The average Bonchev–Trinajstić information content (AvgIpc) is 2.68. The van der Waals surface area contributed by atoms with E-state index in [1.54, 1.807) is 22.9 Å². The number of hydrogen-bond acceptors (Lipinski definition) is 3. The third-order valence-corrected chi connectivity index (χ3v) is 5.46. The van der Waals surface area contributed by atoms with E-state index in [9.17, 15) is 9.59 Å². The molecular weight excluding hydrogens is 388 g/mol. The van der Waals surface area contributed by atoms with Crippen molar-refractivity contribution in [3.63, 3.8) is 0 Å². The summed E-state index contributed by atoms with van der Waals surface area (Å²) in [6.45, 7) is 6.82. The number of nitrogens with zero attached hydrogens (tertiary/aromatic N) is 2. The van der Waals surface area contributed by atoms with Crippen LogP contribution in [0, 0.1) is 5.92 Å². The van der Waals surface area contributed by atoms with Gasteiger partial charge in [-0.25, -0.2) is 0 Å². The van der Waals surface area contributed by atoms with E-state index < -0.39 is 0 Å². The SMILES string of the molecule is C=CC(=O)N1CC(C(=O)N(C)Cc2ccc(Oc3ccccc3CC)cc2Cl)C1. The molecule has 0 saturated carbocycles.